The molecule has 3 rings (SSSR count). The molecule has 2 aromatic rings. The number of carbonyl (C=O) groups excluding carboxylic acids is 2. The number of aliphatic imine (C=N–C) groups is 1. The highest BCUT2D eigenvalue weighted by atomic mass is 35.5. The highest BCUT2D eigenvalue weighted by molar-refractivity contribution is 6.34. The van der Waals surface area contributed by atoms with E-state index in [2.05, 4.69) is 4.99 Å². The number of cyclic esters (lactones) is 1. The number of esters is 2. The fraction of sp³-hybridized carbons (Fsp3) is 0.150. The maximum Gasteiger partial charge on any atom is 0.363 e. The fourth-order valence-electron chi connectivity index (χ4n) is 2.49. The van der Waals surface area contributed by atoms with Gasteiger partial charge in [0.25, 0.3) is 0 Å². The molecule has 6 nitrogen and oxygen atoms in total. The van der Waals surface area contributed by atoms with Gasteiger partial charge in [0.15, 0.2) is 17.2 Å². The molecule has 0 aromatic heterocycles. The Kier molecular flexibility index (Phi) is 6.02. The molecular formula is C20H15Cl2NO5. The van der Waals surface area contributed by atoms with Crippen molar-refractivity contribution in [3.8, 4) is 11.5 Å². The monoisotopic (exact) mass is 419 g/mol. The van der Waals surface area contributed by atoms with Gasteiger partial charge in [-0.25, -0.2) is 9.79 Å². The smallest absolute Gasteiger partial charge is 0.363 e. The first-order chi connectivity index (χ1) is 13.4. The van der Waals surface area contributed by atoms with Crippen molar-refractivity contribution < 1.29 is 23.8 Å². The largest absolute Gasteiger partial charge is 0.490 e. The summed E-state index contributed by atoms with van der Waals surface area (Å²) in [5, 5.41) is 0.581. The maximum absolute atomic E-state index is 12.2. The van der Waals surface area contributed by atoms with Gasteiger partial charge in [-0.2, -0.15) is 0 Å². The molecule has 0 saturated heterocycles. The van der Waals surface area contributed by atoms with Crippen molar-refractivity contribution in [2.45, 2.75) is 13.8 Å². The molecular weight excluding hydrogens is 405 g/mol. The zero-order valence-corrected chi connectivity index (χ0v) is 16.5. The standard InChI is InChI=1S/C20H15Cl2NO5/c1-3-26-17-10-12(8-15(22)18(17)27-11(2)24)9-16-20(25)28-19(23-16)13-6-4-5-7-14(13)21/h4-10H,3H2,1-2H3. The molecule has 0 unspecified atom stereocenters. The molecule has 8 heteroatoms. The van der Waals surface area contributed by atoms with E-state index in [1.165, 1.54) is 19.1 Å². The van der Waals surface area contributed by atoms with Gasteiger partial charge in [-0.05, 0) is 42.8 Å². The van der Waals surface area contributed by atoms with Crippen molar-refractivity contribution in [3.05, 3.63) is 63.3 Å². The van der Waals surface area contributed by atoms with Crippen LogP contribution in [0, 0.1) is 0 Å². The highest BCUT2D eigenvalue weighted by Gasteiger charge is 2.26. The molecule has 0 atom stereocenters. The molecule has 0 N–H and O–H groups in total. The summed E-state index contributed by atoms with van der Waals surface area (Å²) < 4.78 is 15.8. The van der Waals surface area contributed by atoms with E-state index in [-0.39, 0.29) is 28.1 Å². The van der Waals surface area contributed by atoms with Crippen molar-refractivity contribution in [3.63, 3.8) is 0 Å². The van der Waals surface area contributed by atoms with Crippen LogP contribution in [-0.2, 0) is 14.3 Å². The lowest BCUT2D eigenvalue weighted by molar-refractivity contribution is -0.132. The Morgan fingerprint density at radius 3 is 2.64 bits per heavy atom. The summed E-state index contributed by atoms with van der Waals surface area (Å²) in [6.07, 6.45) is 1.50. The molecule has 0 amide bonds. The predicted octanol–water partition coefficient (Wildman–Crippen LogP) is 4.66. The van der Waals surface area contributed by atoms with Crippen molar-refractivity contribution in [2.75, 3.05) is 6.61 Å². The molecule has 1 heterocycles. The number of hydrogen-bond acceptors (Lipinski definition) is 6. The summed E-state index contributed by atoms with van der Waals surface area (Å²) in [5.41, 5.74) is 1.12. The van der Waals surface area contributed by atoms with Gasteiger partial charge in [-0.1, -0.05) is 35.3 Å². The minimum absolute atomic E-state index is 0.0775. The Balaban J connectivity index is 1.99. The van der Waals surface area contributed by atoms with Crippen LogP contribution >= 0.6 is 23.2 Å². The van der Waals surface area contributed by atoms with E-state index in [0.29, 0.717) is 22.8 Å². The third kappa shape index (κ3) is 4.35. The third-order valence-corrected chi connectivity index (χ3v) is 4.22. The Morgan fingerprint density at radius 1 is 1.21 bits per heavy atom. The van der Waals surface area contributed by atoms with E-state index in [4.69, 9.17) is 37.4 Å². The second kappa shape index (κ2) is 8.46. The van der Waals surface area contributed by atoms with Crippen LogP contribution < -0.4 is 9.47 Å². The van der Waals surface area contributed by atoms with Crippen LogP contribution in [0.5, 0.6) is 11.5 Å². The SMILES string of the molecule is CCOc1cc(C=C2N=C(c3ccccc3Cl)OC2=O)cc(Cl)c1OC(C)=O. The Bertz CT molecular complexity index is 1010. The lowest BCUT2D eigenvalue weighted by atomic mass is 10.1. The van der Waals surface area contributed by atoms with Gasteiger partial charge < -0.3 is 14.2 Å². The molecule has 1 aliphatic heterocycles. The average molecular weight is 420 g/mol. The minimum Gasteiger partial charge on any atom is -0.490 e. The molecule has 144 valence electrons. The van der Waals surface area contributed by atoms with Gasteiger partial charge in [-0.3, -0.25) is 4.79 Å². The first-order valence-electron chi connectivity index (χ1n) is 8.31. The van der Waals surface area contributed by atoms with Crippen molar-refractivity contribution in [1.29, 1.82) is 0 Å². The van der Waals surface area contributed by atoms with Crippen molar-refractivity contribution >= 4 is 47.1 Å². The molecule has 1 aliphatic rings. The summed E-state index contributed by atoms with van der Waals surface area (Å²) >= 11 is 12.4. The lowest BCUT2D eigenvalue weighted by Crippen LogP contribution is -2.06. The van der Waals surface area contributed by atoms with Crippen molar-refractivity contribution in [1.82, 2.24) is 0 Å². The Labute approximate surface area is 171 Å². The van der Waals surface area contributed by atoms with E-state index in [1.807, 2.05) is 0 Å². The van der Waals surface area contributed by atoms with E-state index in [1.54, 1.807) is 37.3 Å². The molecule has 28 heavy (non-hydrogen) atoms. The summed E-state index contributed by atoms with van der Waals surface area (Å²) in [4.78, 5) is 27.7. The van der Waals surface area contributed by atoms with Crippen LogP contribution in [-0.4, -0.2) is 24.4 Å². The topological polar surface area (TPSA) is 74.2 Å². The second-order valence-corrected chi connectivity index (χ2v) is 6.49. The quantitative estimate of drug-likeness (QED) is 0.400. The molecule has 0 bridgehead atoms. The summed E-state index contributed by atoms with van der Waals surface area (Å²) in [5.74, 6) is -0.629. The normalized spacial score (nSPS) is 14.6. The molecule has 0 radical (unpaired) electrons. The fourth-order valence-corrected chi connectivity index (χ4v) is 2.97. The van der Waals surface area contributed by atoms with Crippen LogP contribution in [0.25, 0.3) is 6.08 Å². The van der Waals surface area contributed by atoms with Gasteiger partial charge in [0.2, 0.25) is 5.90 Å². The zero-order valence-electron chi connectivity index (χ0n) is 15.0. The number of benzene rings is 2. The van der Waals surface area contributed by atoms with Crippen LogP contribution in [0.1, 0.15) is 25.0 Å². The van der Waals surface area contributed by atoms with Gasteiger partial charge in [0, 0.05) is 6.92 Å². The summed E-state index contributed by atoms with van der Waals surface area (Å²) in [6, 6.07) is 10.0. The molecule has 0 saturated carbocycles. The number of rotatable bonds is 5. The number of hydrogen-bond donors (Lipinski definition) is 0. The van der Waals surface area contributed by atoms with Gasteiger partial charge in [0.05, 0.1) is 22.2 Å². The van der Waals surface area contributed by atoms with E-state index < -0.39 is 11.9 Å². The number of halogens is 2. The predicted molar refractivity (Wildman–Crippen MR) is 106 cm³/mol. The highest BCUT2D eigenvalue weighted by Crippen LogP contribution is 2.37. The first-order valence-corrected chi connectivity index (χ1v) is 9.07. The maximum atomic E-state index is 12.2. The van der Waals surface area contributed by atoms with Crippen molar-refractivity contribution in [2.24, 2.45) is 4.99 Å². The minimum atomic E-state index is -0.618. The van der Waals surface area contributed by atoms with Crippen LogP contribution in [0.3, 0.4) is 0 Å². The first kappa shape index (κ1) is 19.9. The number of ether oxygens (including phenoxy) is 3. The van der Waals surface area contributed by atoms with Crippen LogP contribution in [0.2, 0.25) is 10.0 Å². The van der Waals surface area contributed by atoms with E-state index >= 15 is 0 Å². The summed E-state index contributed by atoms with van der Waals surface area (Å²) in [6.45, 7) is 3.38. The Hall–Kier alpha value is -2.83. The third-order valence-electron chi connectivity index (χ3n) is 3.61. The van der Waals surface area contributed by atoms with Gasteiger partial charge >= 0.3 is 11.9 Å². The van der Waals surface area contributed by atoms with E-state index in [0.717, 1.165) is 0 Å². The Morgan fingerprint density at radius 2 is 1.96 bits per heavy atom. The van der Waals surface area contributed by atoms with E-state index in [9.17, 15) is 9.59 Å². The lowest BCUT2D eigenvalue weighted by Gasteiger charge is -2.12. The molecule has 0 spiro atoms. The molecule has 0 aliphatic carbocycles. The van der Waals surface area contributed by atoms with Gasteiger partial charge in [0.1, 0.15) is 0 Å². The zero-order chi connectivity index (χ0) is 20.3. The number of nitrogens with zero attached hydrogens (tertiary/aromatic N) is 1. The average Bonchev–Trinajstić information content (AvgIpc) is 2.99. The summed E-state index contributed by atoms with van der Waals surface area (Å²) in [7, 11) is 0. The second-order valence-electron chi connectivity index (χ2n) is 5.67. The van der Waals surface area contributed by atoms with Gasteiger partial charge in [-0.15, -0.1) is 0 Å². The molecule has 2 aromatic carbocycles. The molecule has 0 fully saturated rings. The van der Waals surface area contributed by atoms with Crippen LogP contribution in [0.4, 0.5) is 0 Å². The van der Waals surface area contributed by atoms with Crippen LogP contribution in [0.15, 0.2) is 47.1 Å². The number of carbonyl (C=O) groups is 2.